The van der Waals surface area contributed by atoms with E-state index in [4.69, 9.17) is 15.9 Å². The van der Waals surface area contributed by atoms with Gasteiger partial charge in [-0.3, -0.25) is 24.0 Å². The summed E-state index contributed by atoms with van der Waals surface area (Å²) in [5.41, 5.74) is 5.82. The summed E-state index contributed by atoms with van der Waals surface area (Å²) in [5.74, 6) is -5.15. The minimum absolute atomic E-state index is 0.108. The topological polar surface area (TPSA) is 225 Å². The van der Waals surface area contributed by atoms with E-state index in [1.165, 1.54) is 23.5 Å². The van der Waals surface area contributed by atoms with Gasteiger partial charge in [-0.2, -0.15) is 23.5 Å². The molecule has 0 radical (unpaired) electrons. The van der Waals surface area contributed by atoms with E-state index >= 15 is 0 Å². The summed E-state index contributed by atoms with van der Waals surface area (Å²) in [5, 5.41) is 34.2. The number of hydrogen-bond donors (Lipinski definition) is 7. The van der Waals surface area contributed by atoms with Gasteiger partial charge in [-0.05, 0) is 49.7 Å². The Hall–Kier alpha value is -2.52. The van der Waals surface area contributed by atoms with Crippen LogP contribution in [0, 0.1) is 0 Å². The van der Waals surface area contributed by atoms with Crippen LogP contribution in [0.5, 0.6) is 0 Å². The van der Waals surface area contributed by atoms with Crippen LogP contribution in [0.2, 0.25) is 0 Å². The highest BCUT2D eigenvalue weighted by Crippen LogP contribution is 2.07. The molecule has 8 N–H and O–H groups in total. The van der Waals surface area contributed by atoms with Crippen molar-refractivity contribution in [3.63, 3.8) is 0 Å². The molecule has 4 atom stereocenters. The summed E-state index contributed by atoms with van der Waals surface area (Å²) >= 11 is 2.85. The summed E-state index contributed by atoms with van der Waals surface area (Å²) in [6.45, 7) is 0. The van der Waals surface area contributed by atoms with Crippen LogP contribution in [0.1, 0.15) is 38.5 Å². The Morgan fingerprint density at radius 1 is 0.657 bits per heavy atom. The Morgan fingerprint density at radius 3 is 1.51 bits per heavy atom. The average Bonchev–Trinajstić information content (AvgIpc) is 2.79. The fourth-order valence-corrected chi connectivity index (χ4v) is 3.73. The van der Waals surface area contributed by atoms with E-state index in [-0.39, 0.29) is 19.3 Å². The molecule has 0 spiro atoms. The van der Waals surface area contributed by atoms with E-state index in [2.05, 4.69) is 16.0 Å². The first-order chi connectivity index (χ1) is 16.4. The largest absolute Gasteiger partial charge is 0.481 e. The number of hydrogen-bond acceptors (Lipinski definition) is 9. The zero-order valence-corrected chi connectivity index (χ0v) is 21.3. The fraction of sp³-hybridized carbons (Fsp3) is 0.700. The Labute approximate surface area is 211 Å². The van der Waals surface area contributed by atoms with Crippen LogP contribution in [-0.2, 0) is 28.8 Å². The molecule has 0 aliphatic rings. The van der Waals surface area contributed by atoms with Crippen LogP contribution < -0.4 is 21.7 Å². The number of aliphatic carboxylic acids is 3. The van der Waals surface area contributed by atoms with Crippen LogP contribution in [0.4, 0.5) is 0 Å². The molecule has 3 amide bonds. The third kappa shape index (κ3) is 14.5. The molecule has 0 aromatic heterocycles. The number of thioether (sulfide) groups is 2. The summed E-state index contributed by atoms with van der Waals surface area (Å²) in [6, 6.07) is -4.88. The Morgan fingerprint density at radius 2 is 1.06 bits per heavy atom. The number of rotatable bonds is 19. The smallest absolute Gasteiger partial charge is 0.326 e. The van der Waals surface area contributed by atoms with Crippen molar-refractivity contribution >= 4 is 59.2 Å². The lowest BCUT2D eigenvalue weighted by Crippen LogP contribution is -2.57. The van der Waals surface area contributed by atoms with Crippen LogP contribution in [0.15, 0.2) is 0 Å². The van der Waals surface area contributed by atoms with Crippen molar-refractivity contribution in [2.24, 2.45) is 5.73 Å². The average molecular weight is 539 g/mol. The first-order valence-corrected chi connectivity index (χ1v) is 13.5. The van der Waals surface area contributed by atoms with Crippen molar-refractivity contribution in [1.82, 2.24) is 16.0 Å². The van der Waals surface area contributed by atoms with Crippen LogP contribution in [0.3, 0.4) is 0 Å². The number of amides is 3. The van der Waals surface area contributed by atoms with Gasteiger partial charge < -0.3 is 37.0 Å². The molecule has 200 valence electrons. The maximum absolute atomic E-state index is 12.9. The van der Waals surface area contributed by atoms with Gasteiger partial charge in [0.15, 0.2) is 0 Å². The van der Waals surface area contributed by atoms with Crippen LogP contribution in [0.25, 0.3) is 0 Å². The van der Waals surface area contributed by atoms with Gasteiger partial charge in [-0.1, -0.05) is 0 Å². The molecule has 0 saturated heterocycles. The van der Waals surface area contributed by atoms with Crippen molar-refractivity contribution in [3.8, 4) is 0 Å². The zero-order chi connectivity index (χ0) is 27.0. The summed E-state index contributed by atoms with van der Waals surface area (Å²) in [4.78, 5) is 71.2. The molecule has 0 saturated carbocycles. The number of carboxylic acids is 3. The number of nitrogens with two attached hydrogens (primary N) is 1. The SMILES string of the molecule is CSCCC(N)C(=O)NC(CCC(=O)O)C(=O)NC(CCSC)C(=O)NC(CCC(=O)O)C(=O)O. The van der Waals surface area contributed by atoms with Crippen LogP contribution in [-0.4, -0.2) is 99.1 Å². The maximum Gasteiger partial charge on any atom is 0.326 e. The van der Waals surface area contributed by atoms with E-state index in [0.29, 0.717) is 17.9 Å². The molecule has 0 fully saturated rings. The van der Waals surface area contributed by atoms with Gasteiger partial charge in [-0.25, -0.2) is 4.79 Å². The minimum atomic E-state index is -1.48. The number of carbonyl (C=O) groups excluding carboxylic acids is 3. The highest BCUT2D eigenvalue weighted by atomic mass is 32.2. The Balaban J connectivity index is 5.48. The third-order valence-electron chi connectivity index (χ3n) is 4.75. The van der Waals surface area contributed by atoms with Crippen LogP contribution >= 0.6 is 23.5 Å². The lowest BCUT2D eigenvalue weighted by Gasteiger charge is -2.25. The van der Waals surface area contributed by atoms with Gasteiger partial charge in [0, 0.05) is 12.8 Å². The van der Waals surface area contributed by atoms with Gasteiger partial charge in [0.2, 0.25) is 17.7 Å². The minimum Gasteiger partial charge on any atom is -0.481 e. The molecule has 0 aliphatic heterocycles. The van der Waals surface area contributed by atoms with Crippen molar-refractivity contribution in [1.29, 1.82) is 0 Å². The van der Waals surface area contributed by atoms with Gasteiger partial charge in [-0.15, -0.1) is 0 Å². The Bertz CT molecular complexity index is 754. The molecule has 15 heteroatoms. The fourth-order valence-electron chi connectivity index (χ4n) is 2.77. The van der Waals surface area contributed by atoms with E-state index in [0.717, 1.165) is 0 Å². The van der Waals surface area contributed by atoms with Crippen molar-refractivity contribution < 1.29 is 44.1 Å². The van der Waals surface area contributed by atoms with Crippen molar-refractivity contribution in [2.75, 3.05) is 24.0 Å². The third-order valence-corrected chi connectivity index (χ3v) is 6.04. The van der Waals surface area contributed by atoms with Gasteiger partial charge >= 0.3 is 17.9 Å². The predicted octanol–water partition coefficient (Wildman–Crippen LogP) is -0.911. The number of carbonyl (C=O) groups is 6. The molecular weight excluding hydrogens is 504 g/mol. The first kappa shape index (κ1) is 32.5. The number of carboxylic acid groups (broad SMARTS) is 3. The first-order valence-electron chi connectivity index (χ1n) is 10.7. The molecule has 0 aliphatic carbocycles. The van der Waals surface area contributed by atoms with Crippen molar-refractivity contribution in [3.05, 3.63) is 0 Å². The standard InChI is InChI=1S/C20H34N4O9S2/c1-34-9-7-11(21)17(29)22-12(3-5-15(25)26)18(30)23-13(8-10-35-2)19(31)24-14(20(32)33)4-6-16(27)28/h11-14H,3-10,21H2,1-2H3,(H,22,29)(H,23,30)(H,24,31)(H,25,26)(H,27,28)(H,32,33). The van der Waals surface area contributed by atoms with Gasteiger partial charge in [0.05, 0.1) is 6.04 Å². The van der Waals surface area contributed by atoms with Gasteiger partial charge in [0.25, 0.3) is 0 Å². The predicted molar refractivity (Wildman–Crippen MR) is 131 cm³/mol. The lowest BCUT2D eigenvalue weighted by atomic mass is 10.1. The molecule has 0 rings (SSSR count). The quantitative estimate of drug-likeness (QED) is 0.106. The molecule has 0 aromatic carbocycles. The highest BCUT2D eigenvalue weighted by Gasteiger charge is 2.30. The second-order valence-electron chi connectivity index (χ2n) is 7.56. The molecule has 13 nitrogen and oxygen atoms in total. The molecule has 4 unspecified atom stereocenters. The molecule has 35 heavy (non-hydrogen) atoms. The van der Waals surface area contributed by atoms with Gasteiger partial charge in [0.1, 0.15) is 18.1 Å². The second kappa shape index (κ2) is 17.8. The summed E-state index contributed by atoms with van der Waals surface area (Å²) in [7, 11) is 0. The molecule has 0 bridgehead atoms. The summed E-state index contributed by atoms with van der Waals surface area (Å²) in [6.07, 6.45) is 2.51. The van der Waals surface area contributed by atoms with E-state index in [1.807, 2.05) is 6.26 Å². The van der Waals surface area contributed by atoms with E-state index < -0.39 is 72.6 Å². The van der Waals surface area contributed by atoms with E-state index in [1.54, 1.807) is 6.26 Å². The normalized spacial score (nSPS) is 14.1. The number of nitrogens with one attached hydrogen (secondary N) is 3. The van der Waals surface area contributed by atoms with E-state index in [9.17, 15) is 33.9 Å². The highest BCUT2D eigenvalue weighted by molar-refractivity contribution is 7.98. The maximum atomic E-state index is 12.9. The molecular formula is C20H34N4O9S2. The second-order valence-corrected chi connectivity index (χ2v) is 9.53. The molecule has 0 aromatic rings. The monoisotopic (exact) mass is 538 g/mol. The van der Waals surface area contributed by atoms with Crippen molar-refractivity contribution in [2.45, 2.75) is 62.7 Å². The molecule has 0 heterocycles. The zero-order valence-electron chi connectivity index (χ0n) is 19.7. The lowest BCUT2D eigenvalue weighted by molar-refractivity contribution is -0.143. The Kier molecular flexibility index (Phi) is 16.6. The summed E-state index contributed by atoms with van der Waals surface area (Å²) < 4.78 is 0.